The molecular weight excluding hydrogens is 220 g/mol. The minimum Gasteiger partial charge on any atom is -0.356 e. The molecule has 2 aliphatic heterocycles. The SMILES string of the molecule is C[C@@H]1CCO[C@H]2Cn3ccc(=O)cc3C(=O)N12. The first-order chi connectivity index (χ1) is 8.16. The Labute approximate surface area is 98.6 Å². The third-order valence-electron chi connectivity index (χ3n) is 3.44. The van der Waals surface area contributed by atoms with Gasteiger partial charge in [-0.05, 0) is 13.3 Å². The smallest absolute Gasteiger partial charge is 0.272 e. The largest absolute Gasteiger partial charge is 0.356 e. The molecule has 3 heterocycles. The number of pyridine rings is 1. The van der Waals surface area contributed by atoms with Gasteiger partial charge in [0, 0.05) is 24.4 Å². The molecule has 2 atom stereocenters. The van der Waals surface area contributed by atoms with E-state index in [-0.39, 0.29) is 23.6 Å². The first-order valence-corrected chi connectivity index (χ1v) is 5.81. The maximum absolute atomic E-state index is 12.3. The van der Waals surface area contributed by atoms with Crippen LogP contribution in [0.3, 0.4) is 0 Å². The maximum atomic E-state index is 12.3. The normalized spacial score (nSPS) is 27.6. The molecule has 1 fully saturated rings. The number of nitrogens with zero attached hydrogens (tertiary/aromatic N) is 2. The molecule has 1 aromatic rings. The van der Waals surface area contributed by atoms with Crippen molar-refractivity contribution in [1.29, 1.82) is 0 Å². The summed E-state index contributed by atoms with van der Waals surface area (Å²) in [6, 6.07) is 3.05. The summed E-state index contributed by atoms with van der Waals surface area (Å²) in [5.41, 5.74) is 0.333. The number of hydrogen-bond acceptors (Lipinski definition) is 3. The molecule has 5 nitrogen and oxygen atoms in total. The number of amides is 1. The molecule has 0 aliphatic carbocycles. The van der Waals surface area contributed by atoms with Crippen molar-refractivity contribution in [2.45, 2.75) is 32.2 Å². The molecule has 1 saturated heterocycles. The Hall–Kier alpha value is -1.62. The second kappa shape index (κ2) is 3.70. The number of carbonyl (C=O) groups is 1. The molecule has 0 unspecified atom stereocenters. The van der Waals surface area contributed by atoms with Crippen molar-refractivity contribution in [3.8, 4) is 0 Å². The third kappa shape index (κ3) is 1.58. The molecule has 0 N–H and O–H groups in total. The molecule has 1 amide bonds. The van der Waals surface area contributed by atoms with Gasteiger partial charge in [-0.15, -0.1) is 0 Å². The highest BCUT2D eigenvalue weighted by Gasteiger charge is 2.38. The van der Waals surface area contributed by atoms with Gasteiger partial charge in [-0.1, -0.05) is 0 Å². The molecular formula is C12H14N2O3. The van der Waals surface area contributed by atoms with Gasteiger partial charge in [0.15, 0.2) is 11.7 Å². The van der Waals surface area contributed by atoms with Crippen LogP contribution in [0.2, 0.25) is 0 Å². The maximum Gasteiger partial charge on any atom is 0.272 e. The van der Waals surface area contributed by atoms with Gasteiger partial charge in [0.2, 0.25) is 0 Å². The Kier molecular flexibility index (Phi) is 2.29. The fourth-order valence-electron chi connectivity index (χ4n) is 2.50. The monoisotopic (exact) mass is 234 g/mol. The highest BCUT2D eigenvalue weighted by atomic mass is 16.5. The topological polar surface area (TPSA) is 51.5 Å². The lowest BCUT2D eigenvalue weighted by atomic mass is 10.1. The molecule has 17 heavy (non-hydrogen) atoms. The molecule has 90 valence electrons. The molecule has 0 radical (unpaired) electrons. The van der Waals surface area contributed by atoms with Crippen molar-refractivity contribution in [3.05, 3.63) is 34.2 Å². The van der Waals surface area contributed by atoms with Gasteiger partial charge >= 0.3 is 0 Å². The van der Waals surface area contributed by atoms with Gasteiger partial charge in [-0.3, -0.25) is 9.59 Å². The van der Waals surface area contributed by atoms with Crippen LogP contribution in [-0.2, 0) is 11.3 Å². The number of hydrogen-bond donors (Lipinski definition) is 0. The van der Waals surface area contributed by atoms with Gasteiger partial charge in [-0.25, -0.2) is 0 Å². The van der Waals surface area contributed by atoms with E-state index in [0.717, 1.165) is 6.42 Å². The molecule has 0 saturated carbocycles. The highest BCUT2D eigenvalue weighted by molar-refractivity contribution is 5.93. The zero-order valence-corrected chi connectivity index (χ0v) is 9.63. The summed E-state index contributed by atoms with van der Waals surface area (Å²) in [7, 11) is 0. The van der Waals surface area contributed by atoms with E-state index in [1.54, 1.807) is 15.7 Å². The predicted octanol–water partition coefficient (Wildman–Crippen LogP) is 0.439. The van der Waals surface area contributed by atoms with Crippen molar-refractivity contribution in [2.75, 3.05) is 6.61 Å². The van der Waals surface area contributed by atoms with Crippen LogP contribution in [0.15, 0.2) is 23.1 Å². The van der Waals surface area contributed by atoms with Crippen LogP contribution in [0.4, 0.5) is 0 Å². The molecule has 0 spiro atoms. The lowest BCUT2D eigenvalue weighted by Crippen LogP contribution is -2.56. The van der Waals surface area contributed by atoms with E-state index < -0.39 is 0 Å². The number of carbonyl (C=O) groups excluding carboxylic acids is 1. The van der Waals surface area contributed by atoms with E-state index in [0.29, 0.717) is 18.8 Å². The fraction of sp³-hybridized carbons (Fsp3) is 0.500. The second-order valence-electron chi connectivity index (χ2n) is 4.58. The van der Waals surface area contributed by atoms with Crippen molar-refractivity contribution in [1.82, 2.24) is 9.47 Å². The summed E-state index contributed by atoms with van der Waals surface area (Å²) >= 11 is 0. The fourth-order valence-corrected chi connectivity index (χ4v) is 2.50. The summed E-state index contributed by atoms with van der Waals surface area (Å²) in [5.74, 6) is -0.105. The zero-order valence-electron chi connectivity index (χ0n) is 9.63. The van der Waals surface area contributed by atoms with Crippen LogP contribution in [0.5, 0.6) is 0 Å². The van der Waals surface area contributed by atoms with E-state index in [1.165, 1.54) is 12.1 Å². The van der Waals surface area contributed by atoms with Gasteiger partial charge < -0.3 is 14.2 Å². The average molecular weight is 234 g/mol. The van der Waals surface area contributed by atoms with Crippen molar-refractivity contribution >= 4 is 5.91 Å². The number of fused-ring (bicyclic) bond motifs is 2. The number of rotatable bonds is 0. The van der Waals surface area contributed by atoms with Crippen molar-refractivity contribution in [2.24, 2.45) is 0 Å². The number of ether oxygens (including phenoxy) is 1. The van der Waals surface area contributed by atoms with Crippen LogP contribution in [0, 0.1) is 0 Å². The van der Waals surface area contributed by atoms with Crippen molar-refractivity contribution < 1.29 is 9.53 Å². The molecule has 3 rings (SSSR count). The zero-order chi connectivity index (χ0) is 12.0. The molecule has 5 heteroatoms. The van der Waals surface area contributed by atoms with E-state index in [2.05, 4.69) is 0 Å². The first kappa shape index (κ1) is 10.5. The highest BCUT2D eigenvalue weighted by Crippen LogP contribution is 2.25. The van der Waals surface area contributed by atoms with Gasteiger partial charge in [0.05, 0.1) is 13.2 Å². The van der Waals surface area contributed by atoms with Gasteiger partial charge in [0.25, 0.3) is 5.91 Å². The Morgan fingerprint density at radius 2 is 2.24 bits per heavy atom. The molecule has 2 aliphatic rings. The predicted molar refractivity (Wildman–Crippen MR) is 60.7 cm³/mol. The van der Waals surface area contributed by atoms with Crippen LogP contribution in [0.25, 0.3) is 0 Å². The lowest BCUT2D eigenvalue weighted by molar-refractivity contribution is -0.112. The standard InChI is InChI=1S/C12H14N2O3/c1-8-3-5-17-11-7-13-4-2-9(15)6-10(13)12(16)14(8)11/h2,4,6,8,11H,3,5,7H2,1H3/t8-,11+/m1/s1. The average Bonchev–Trinajstić information content (AvgIpc) is 2.30. The third-order valence-corrected chi connectivity index (χ3v) is 3.44. The van der Waals surface area contributed by atoms with Gasteiger partial charge in [0.1, 0.15) is 5.69 Å². The Morgan fingerprint density at radius 1 is 1.41 bits per heavy atom. The molecule has 0 aromatic carbocycles. The van der Waals surface area contributed by atoms with Crippen LogP contribution in [0.1, 0.15) is 23.8 Å². The molecule has 0 bridgehead atoms. The van der Waals surface area contributed by atoms with E-state index in [4.69, 9.17) is 4.74 Å². The summed E-state index contributed by atoms with van der Waals surface area (Å²) in [4.78, 5) is 25.4. The quantitative estimate of drug-likeness (QED) is 0.654. The summed E-state index contributed by atoms with van der Waals surface area (Å²) in [6.07, 6.45) is 2.32. The second-order valence-corrected chi connectivity index (χ2v) is 4.58. The summed E-state index contributed by atoms with van der Waals surface area (Å²) < 4.78 is 7.41. The Bertz CT molecular complexity index is 523. The van der Waals surface area contributed by atoms with Gasteiger partial charge in [-0.2, -0.15) is 0 Å². The Balaban J connectivity index is 2.07. The van der Waals surface area contributed by atoms with Crippen LogP contribution >= 0.6 is 0 Å². The first-order valence-electron chi connectivity index (χ1n) is 5.81. The lowest BCUT2D eigenvalue weighted by Gasteiger charge is -2.44. The molecule has 1 aromatic heterocycles. The van der Waals surface area contributed by atoms with E-state index in [1.807, 2.05) is 6.92 Å². The summed E-state index contributed by atoms with van der Waals surface area (Å²) in [5, 5.41) is 0. The van der Waals surface area contributed by atoms with E-state index >= 15 is 0 Å². The van der Waals surface area contributed by atoms with Crippen LogP contribution < -0.4 is 5.43 Å². The van der Waals surface area contributed by atoms with Crippen LogP contribution in [-0.4, -0.2) is 34.3 Å². The number of aromatic nitrogens is 1. The Morgan fingerprint density at radius 3 is 3.06 bits per heavy atom. The van der Waals surface area contributed by atoms with Crippen molar-refractivity contribution in [3.63, 3.8) is 0 Å². The van der Waals surface area contributed by atoms with E-state index in [9.17, 15) is 9.59 Å². The summed E-state index contributed by atoms with van der Waals surface area (Å²) in [6.45, 7) is 3.31. The minimum atomic E-state index is -0.193. The minimum absolute atomic E-state index is 0.105.